The Kier molecular flexibility index (Phi) is 6.16. The van der Waals surface area contributed by atoms with Crippen LogP contribution in [0.4, 0.5) is 0 Å². The van der Waals surface area contributed by atoms with E-state index in [0.29, 0.717) is 37.5 Å². The van der Waals surface area contributed by atoms with Gasteiger partial charge in [0.2, 0.25) is 5.91 Å². The number of aryl methyl sites for hydroxylation is 3. The third-order valence-corrected chi connectivity index (χ3v) is 5.29. The number of carbonyl (C=O) groups is 2. The second-order valence-electron chi connectivity index (χ2n) is 7.92. The second-order valence-corrected chi connectivity index (χ2v) is 7.92. The van der Waals surface area contributed by atoms with Crippen molar-refractivity contribution in [3.63, 3.8) is 0 Å². The molecule has 2 aromatic heterocycles. The fourth-order valence-corrected chi connectivity index (χ4v) is 3.82. The molecule has 0 radical (unpaired) electrons. The number of piperidine rings is 1. The predicted molar refractivity (Wildman–Crippen MR) is 106 cm³/mol. The maximum absolute atomic E-state index is 12.5. The van der Waals surface area contributed by atoms with Gasteiger partial charge in [0.1, 0.15) is 0 Å². The highest BCUT2D eigenvalue weighted by Crippen LogP contribution is 2.22. The van der Waals surface area contributed by atoms with Gasteiger partial charge in [-0.15, -0.1) is 0 Å². The topological polar surface area (TPSA) is 85.0 Å². The third-order valence-electron chi connectivity index (χ3n) is 5.29. The first-order valence-corrected chi connectivity index (χ1v) is 9.90. The zero-order valence-electron chi connectivity index (χ0n) is 17.2. The average Bonchev–Trinajstić information content (AvgIpc) is 3.20. The molecule has 0 saturated carbocycles. The van der Waals surface area contributed by atoms with Gasteiger partial charge in [-0.3, -0.25) is 19.0 Å². The van der Waals surface area contributed by atoms with E-state index < -0.39 is 0 Å². The van der Waals surface area contributed by atoms with Crippen molar-refractivity contribution in [3.8, 4) is 0 Å². The zero-order chi connectivity index (χ0) is 20.3. The molecule has 1 N–H and O–H groups in total. The maximum atomic E-state index is 12.5. The van der Waals surface area contributed by atoms with E-state index in [0.717, 1.165) is 24.2 Å². The first-order chi connectivity index (χ1) is 13.3. The van der Waals surface area contributed by atoms with Crippen molar-refractivity contribution >= 4 is 11.8 Å². The lowest BCUT2D eigenvalue weighted by Crippen LogP contribution is -2.41. The Labute approximate surface area is 165 Å². The summed E-state index contributed by atoms with van der Waals surface area (Å²) in [6.07, 6.45) is 5.56. The predicted octanol–water partition coefficient (Wildman–Crippen LogP) is 1.68. The minimum Gasteiger partial charge on any atom is -0.352 e. The molecule has 0 aromatic carbocycles. The quantitative estimate of drug-likeness (QED) is 0.819. The minimum absolute atomic E-state index is 0.0227. The van der Waals surface area contributed by atoms with Gasteiger partial charge in [0.05, 0.1) is 24.0 Å². The minimum atomic E-state index is 0.0227. The van der Waals surface area contributed by atoms with E-state index in [1.165, 1.54) is 0 Å². The molecule has 2 amide bonds. The van der Waals surface area contributed by atoms with Crippen LogP contribution in [0.15, 0.2) is 18.5 Å². The van der Waals surface area contributed by atoms with Crippen LogP contribution < -0.4 is 5.32 Å². The molecule has 0 spiro atoms. The first kappa shape index (κ1) is 20.1. The van der Waals surface area contributed by atoms with Crippen LogP contribution in [0.25, 0.3) is 0 Å². The number of carbonyl (C=O) groups excluding carboxylic acids is 2. The van der Waals surface area contributed by atoms with Crippen molar-refractivity contribution in [2.45, 2.75) is 52.6 Å². The van der Waals surface area contributed by atoms with Crippen molar-refractivity contribution in [3.05, 3.63) is 35.4 Å². The molecular weight excluding hydrogens is 356 g/mol. The maximum Gasteiger partial charge on any atom is 0.257 e. The fourth-order valence-electron chi connectivity index (χ4n) is 3.82. The highest BCUT2D eigenvalue weighted by molar-refractivity contribution is 5.93. The molecule has 1 fully saturated rings. The van der Waals surface area contributed by atoms with Crippen LogP contribution >= 0.6 is 0 Å². The molecule has 0 bridgehead atoms. The molecule has 152 valence electrons. The molecule has 1 saturated heterocycles. The highest BCUT2D eigenvalue weighted by Gasteiger charge is 2.26. The van der Waals surface area contributed by atoms with Crippen molar-refractivity contribution in [1.82, 2.24) is 29.8 Å². The Balaban J connectivity index is 1.42. The summed E-state index contributed by atoms with van der Waals surface area (Å²) in [4.78, 5) is 26.7. The lowest BCUT2D eigenvalue weighted by Gasteiger charge is -2.31. The molecule has 1 atom stereocenters. The molecule has 8 nitrogen and oxygen atoms in total. The van der Waals surface area contributed by atoms with E-state index in [2.05, 4.69) is 15.5 Å². The van der Waals surface area contributed by atoms with E-state index in [1.54, 1.807) is 24.1 Å². The smallest absolute Gasteiger partial charge is 0.257 e. The van der Waals surface area contributed by atoms with Crippen molar-refractivity contribution < 1.29 is 9.59 Å². The van der Waals surface area contributed by atoms with E-state index in [-0.39, 0.29) is 17.9 Å². The second kappa shape index (κ2) is 8.58. The van der Waals surface area contributed by atoms with Crippen LogP contribution in [0.2, 0.25) is 0 Å². The average molecular weight is 387 g/mol. The zero-order valence-corrected chi connectivity index (χ0v) is 17.2. The molecule has 8 heteroatoms. The van der Waals surface area contributed by atoms with Crippen LogP contribution in [0.1, 0.15) is 47.9 Å². The van der Waals surface area contributed by atoms with Gasteiger partial charge in [-0.2, -0.15) is 10.2 Å². The Morgan fingerprint density at radius 3 is 2.57 bits per heavy atom. The molecular formula is C20H30N6O2. The van der Waals surface area contributed by atoms with Gasteiger partial charge in [0.25, 0.3) is 5.91 Å². The number of aromatic nitrogens is 4. The van der Waals surface area contributed by atoms with Crippen LogP contribution in [0.3, 0.4) is 0 Å². The van der Waals surface area contributed by atoms with Crippen molar-refractivity contribution in [2.75, 3.05) is 13.1 Å². The van der Waals surface area contributed by atoms with Gasteiger partial charge in [-0.1, -0.05) is 0 Å². The summed E-state index contributed by atoms with van der Waals surface area (Å²) >= 11 is 0. The molecule has 1 aliphatic heterocycles. The lowest BCUT2D eigenvalue weighted by molar-refractivity contribution is -0.123. The lowest BCUT2D eigenvalue weighted by atomic mass is 9.93. The Morgan fingerprint density at radius 2 is 2.00 bits per heavy atom. The largest absolute Gasteiger partial charge is 0.352 e. The van der Waals surface area contributed by atoms with Gasteiger partial charge in [-0.25, -0.2) is 0 Å². The number of hydrogen-bond acceptors (Lipinski definition) is 4. The number of likely N-dealkylation sites (tertiary alicyclic amines) is 1. The Bertz CT molecular complexity index is 832. The molecule has 3 rings (SSSR count). The summed E-state index contributed by atoms with van der Waals surface area (Å²) in [5, 5.41) is 11.6. The fraction of sp³-hybridized carbons (Fsp3) is 0.600. The first-order valence-electron chi connectivity index (χ1n) is 9.90. The normalized spacial score (nSPS) is 16.2. The van der Waals surface area contributed by atoms with Crippen LogP contribution in [0.5, 0.6) is 0 Å². The monoisotopic (exact) mass is 386 g/mol. The summed E-state index contributed by atoms with van der Waals surface area (Å²) in [6.45, 7) is 8.04. The molecule has 1 unspecified atom stereocenters. The van der Waals surface area contributed by atoms with Crippen molar-refractivity contribution in [1.29, 1.82) is 0 Å². The van der Waals surface area contributed by atoms with E-state index >= 15 is 0 Å². The summed E-state index contributed by atoms with van der Waals surface area (Å²) in [7, 11) is 1.80. The Hall–Kier alpha value is -2.64. The summed E-state index contributed by atoms with van der Waals surface area (Å²) < 4.78 is 3.57. The highest BCUT2D eigenvalue weighted by atomic mass is 16.2. The van der Waals surface area contributed by atoms with E-state index in [1.807, 2.05) is 36.4 Å². The van der Waals surface area contributed by atoms with Gasteiger partial charge < -0.3 is 10.2 Å². The van der Waals surface area contributed by atoms with Crippen LogP contribution in [0, 0.1) is 19.8 Å². The van der Waals surface area contributed by atoms with E-state index in [4.69, 9.17) is 0 Å². The van der Waals surface area contributed by atoms with E-state index in [9.17, 15) is 9.59 Å². The number of hydrogen-bond donors (Lipinski definition) is 1. The summed E-state index contributed by atoms with van der Waals surface area (Å²) in [6, 6.07) is 2.06. The van der Waals surface area contributed by atoms with Gasteiger partial charge in [0.15, 0.2) is 0 Å². The van der Waals surface area contributed by atoms with Gasteiger partial charge in [0, 0.05) is 44.5 Å². The Morgan fingerprint density at radius 1 is 1.29 bits per heavy atom. The number of nitrogens with one attached hydrogen (secondary N) is 1. The van der Waals surface area contributed by atoms with Crippen LogP contribution in [-0.2, 0) is 18.4 Å². The SMILES string of the molecule is Cc1cc(C)n(CC(C)NC(=O)CC2CCN(C(=O)c3cnn(C)c3)CC2)n1. The number of amides is 2. The molecule has 0 aliphatic carbocycles. The third kappa shape index (κ3) is 4.99. The number of rotatable bonds is 6. The summed E-state index contributed by atoms with van der Waals surface area (Å²) in [5.74, 6) is 0.416. The van der Waals surface area contributed by atoms with Crippen molar-refractivity contribution in [2.24, 2.45) is 13.0 Å². The van der Waals surface area contributed by atoms with Gasteiger partial charge >= 0.3 is 0 Å². The number of nitrogens with zero attached hydrogens (tertiary/aromatic N) is 5. The molecule has 3 heterocycles. The van der Waals surface area contributed by atoms with Gasteiger partial charge in [-0.05, 0) is 45.6 Å². The molecule has 1 aliphatic rings. The molecule has 28 heavy (non-hydrogen) atoms. The summed E-state index contributed by atoms with van der Waals surface area (Å²) in [5.41, 5.74) is 2.71. The van der Waals surface area contributed by atoms with Crippen LogP contribution in [-0.4, -0.2) is 55.4 Å². The molecule has 2 aromatic rings. The standard InChI is InChI=1S/C20H30N6O2/c1-14-9-16(3)26(23-14)12-15(2)22-19(27)10-17-5-7-25(8-6-17)20(28)18-11-21-24(4)13-18/h9,11,13,15,17H,5-8,10,12H2,1-4H3,(H,22,27).